The number of rotatable bonds is 2. The van der Waals surface area contributed by atoms with E-state index in [1.165, 1.54) is 5.57 Å². The number of hydrogen-bond acceptors (Lipinski definition) is 7. The van der Waals surface area contributed by atoms with Crippen molar-refractivity contribution in [1.82, 2.24) is 4.98 Å². The topological polar surface area (TPSA) is 96.7 Å². The molecule has 2 N–H and O–H groups in total. The van der Waals surface area contributed by atoms with Crippen LogP contribution < -0.4 is 0 Å². The average Bonchev–Trinajstić information content (AvgIpc) is 3.17. The van der Waals surface area contributed by atoms with Gasteiger partial charge in [-0.1, -0.05) is 32.4 Å². The number of cyclic esters (lactones) is 1. The number of nitrogens with zero attached hydrogens (tertiary/aromatic N) is 1. The number of aryl methyl sites for hydroxylation is 1. The number of hydrogen-bond donors (Lipinski definition) is 2. The average molecular weight is 478 g/mol. The summed E-state index contributed by atoms with van der Waals surface area (Å²) in [5.41, 5.74) is 2.90. The van der Waals surface area contributed by atoms with Crippen molar-refractivity contribution in [3.05, 3.63) is 33.3 Å². The first-order valence-electron chi connectivity index (χ1n) is 11.8. The molecule has 0 bridgehead atoms. The predicted molar refractivity (Wildman–Crippen MR) is 132 cm³/mol. The number of carbonyl (C=O) groups is 2. The number of ether oxygens (including phenoxy) is 1. The van der Waals surface area contributed by atoms with E-state index in [0.717, 1.165) is 35.5 Å². The predicted octanol–water partition coefficient (Wildman–Crippen LogP) is 4.88. The van der Waals surface area contributed by atoms with Crippen LogP contribution in [0.15, 0.2) is 22.6 Å². The highest BCUT2D eigenvalue weighted by atomic mass is 32.1. The molecule has 0 fully saturated rings. The van der Waals surface area contributed by atoms with Gasteiger partial charge in [0, 0.05) is 23.6 Å². The van der Waals surface area contributed by atoms with Crippen LogP contribution in [0, 0.1) is 24.7 Å². The minimum atomic E-state index is -1.16. The Bertz CT molecular complexity index is 874. The molecular weight excluding hydrogens is 438 g/mol. The Morgan fingerprint density at radius 3 is 2.52 bits per heavy atom. The van der Waals surface area contributed by atoms with Crippen molar-refractivity contribution in [2.45, 2.75) is 92.0 Å². The van der Waals surface area contributed by atoms with E-state index in [1.54, 1.807) is 25.2 Å². The molecule has 2 rings (SSSR count). The molecule has 33 heavy (non-hydrogen) atoms. The highest BCUT2D eigenvalue weighted by Gasteiger charge is 2.34. The molecule has 0 unspecified atom stereocenters. The molecule has 0 saturated heterocycles. The van der Waals surface area contributed by atoms with E-state index in [4.69, 9.17) is 4.74 Å². The molecule has 1 aromatic heterocycles. The molecule has 0 aliphatic carbocycles. The van der Waals surface area contributed by atoms with Crippen molar-refractivity contribution in [2.24, 2.45) is 17.8 Å². The van der Waals surface area contributed by atoms with Gasteiger partial charge in [0.25, 0.3) is 0 Å². The molecule has 6 atom stereocenters. The lowest BCUT2D eigenvalue weighted by atomic mass is 9.81. The van der Waals surface area contributed by atoms with Gasteiger partial charge in [0.2, 0.25) is 0 Å². The lowest BCUT2D eigenvalue weighted by Crippen LogP contribution is -2.39. The minimum Gasteiger partial charge on any atom is -0.457 e. The standard InChI is InChI=1S/C26H39NO5S/c1-15-8-7-9-16(2)25(30)19(5)26(31)18(4)22(28)13-24(29)32-23(11-10-15)17(3)12-21-14-33-20(6)27-21/h10,12,14,16,18-19,22-23,25,28,30H,7-9,11,13H2,1-6H3/b15-10+,17-12-/t16-,18-,19+,22-,23-,25-/m0/s1. The zero-order valence-corrected chi connectivity index (χ0v) is 21.5. The summed E-state index contributed by atoms with van der Waals surface area (Å²) in [6, 6.07) is 0. The molecule has 0 radical (unpaired) electrons. The van der Waals surface area contributed by atoms with Gasteiger partial charge in [0.1, 0.15) is 11.9 Å². The van der Waals surface area contributed by atoms with E-state index >= 15 is 0 Å². The highest BCUT2D eigenvalue weighted by Crippen LogP contribution is 2.26. The van der Waals surface area contributed by atoms with Crippen LogP contribution in [0.4, 0.5) is 0 Å². The minimum absolute atomic E-state index is 0.0292. The Labute approximate surface area is 201 Å². The fourth-order valence-corrected chi connectivity index (χ4v) is 4.77. The molecule has 0 amide bonds. The first-order valence-corrected chi connectivity index (χ1v) is 12.7. The van der Waals surface area contributed by atoms with Gasteiger partial charge in [-0.3, -0.25) is 9.59 Å². The normalized spacial score (nSPS) is 33.3. The van der Waals surface area contributed by atoms with Crippen molar-refractivity contribution >= 4 is 29.2 Å². The summed E-state index contributed by atoms with van der Waals surface area (Å²) in [5, 5.41) is 24.1. The fourth-order valence-electron chi connectivity index (χ4n) is 4.20. The van der Waals surface area contributed by atoms with Gasteiger partial charge in [-0.2, -0.15) is 0 Å². The molecule has 1 aromatic rings. The maximum absolute atomic E-state index is 12.8. The number of Topliss-reactive ketones (excluding diaryl/α,β-unsaturated/α-hetero) is 1. The number of carbonyl (C=O) groups excluding carboxylic acids is 2. The molecule has 0 saturated carbocycles. The summed E-state index contributed by atoms with van der Waals surface area (Å²) in [5.74, 6) is -2.18. The highest BCUT2D eigenvalue weighted by molar-refractivity contribution is 7.09. The first-order chi connectivity index (χ1) is 15.5. The molecule has 6 nitrogen and oxygen atoms in total. The second-order valence-corrected chi connectivity index (χ2v) is 10.6. The van der Waals surface area contributed by atoms with Crippen molar-refractivity contribution < 1.29 is 24.5 Å². The van der Waals surface area contributed by atoms with Crippen molar-refractivity contribution in [3.63, 3.8) is 0 Å². The summed E-state index contributed by atoms with van der Waals surface area (Å²) >= 11 is 1.56. The molecule has 1 aliphatic rings. The summed E-state index contributed by atoms with van der Waals surface area (Å²) in [4.78, 5) is 30.0. The summed E-state index contributed by atoms with van der Waals surface area (Å²) in [6.45, 7) is 11.2. The van der Waals surface area contributed by atoms with Gasteiger partial charge in [-0.05, 0) is 57.6 Å². The number of aliphatic hydroxyl groups excluding tert-OH is 2. The molecule has 1 aliphatic heterocycles. The van der Waals surface area contributed by atoms with E-state index in [2.05, 4.69) is 18.0 Å². The maximum Gasteiger partial charge on any atom is 0.309 e. The number of thiazole rings is 1. The van der Waals surface area contributed by atoms with E-state index in [-0.39, 0.29) is 18.1 Å². The summed E-state index contributed by atoms with van der Waals surface area (Å²) in [6.07, 6.45) is 4.46. The lowest BCUT2D eigenvalue weighted by Gasteiger charge is -2.28. The molecule has 2 heterocycles. The zero-order valence-electron chi connectivity index (χ0n) is 20.7. The number of aromatic nitrogens is 1. The second-order valence-electron chi connectivity index (χ2n) is 9.56. The molecule has 0 spiro atoms. The van der Waals surface area contributed by atoms with Gasteiger partial charge in [0.15, 0.2) is 0 Å². The summed E-state index contributed by atoms with van der Waals surface area (Å²) in [7, 11) is 0. The Kier molecular flexibility index (Phi) is 10.5. The molecule has 7 heteroatoms. The van der Waals surface area contributed by atoms with Gasteiger partial charge in [0.05, 0.1) is 29.3 Å². The van der Waals surface area contributed by atoms with E-state index in [0.29, 0.717) is 6.42 Å². The van der Waals surface area contributed by atoms with Gasteiger partial charge in [-0.15, -0.1) is 11.3 Å². The van der Waals surface area contributed by atoms with Crippen LogP contribution >= 0.6 is 11.3 Å². The third-order valence-corrected chi connectivity index (χ3v) is 7.44. The van der Waals surface area contributed by atoms with Crippen LogP contribution in [-0.2, 0) is 14.3 Å². The zero-order chi connectivity index (χ0) is 24.7. The third-order valence-electron chi connectivity index (χ3n) is 6.65. The first kappa shape index (κ1) is 27.4. The molecule has 0 aromatic carbocycles. The van der Waals surface area contributed by atoms with Crippen LogP contribution in [0.5, 0.6) is 0 Å². The van der Waals surface area contributed by atoms with Crippen LogP contribution in [0.2, 0.25) is 0 Å². The van der Waals surface area contributed by atoms with E-state index in [9.17, 15) is 19.8 Å². The third kappa shape index (κ3) is 8.16. The smallest absolute Gasteiger partial charge is 0.309 e. The number of allylic oxidation sites excluding steroid dienone is 1. The Hall–Kier alpha value is -1.83. The van der Waals surface area contributed by atoms with Crippen LogP contribution in [-0.4, -0.2) is 45.3 Å². The van der Waals surface area contributed by atoms with Gasteiger partial charge >= 0.3 is 5.97 Å². The lowest BCUT2D eigenvalue weighted by molar-refractivity contribution is -0.151. The van der Waals surface area contributed by atoms with Crippen LogP contribution in [0.3, 0.4) is 0 Å². The fraction of sp³-hybridized carbons (Fsp3) is 0.654. The Morgan fingerprint density at radius 1 is 1.18 bits per heavy atom. The van der Waals surface area contributed by atoms with E-state index < -0.39 is 36.1 Å². The van der Waals surface area contributed by atoms with Gasteiger partial charge < -0.3 is 14.9 Å². The Balaban J connectivity index is 2.27. The molecule has 184 valence electrons. The van der Waals surface area contributed by atoms with Crippen molar-refractivity contribution in [1.29, 1.82) is 0 Å². The number of esters is 1. The monoisotopic (exact) mass is 477 g/mol. The largest absolute Gasteiger partial charge is 0.457 e. The Morgan fingerprint density at radius 2 is 1.88 bits per heavy atom. The second kappa shape index (κ2) is 12.6. The van der Waals surface area contributed by atoms with Crippen LogP contribution in [0.25, 0.3) is 6.08 Å². The summed E-state index contributed by atoms with van der Waals surface area (Å²) < 4.78 is 5.76. The quantitative estimate of drug-likeness (QED) is 0.466. The van der Waals surface area contributed by atoms with E-state index in [1.807, 2.05) is 32.2 Å². The SMILES string of the molecule is C/C(=C/c1csc(C)n1)[C@@H]1C/C=C(\C)CCC[C@H](C)[C@H](O)[C@@H](C)C(=O)[C@@H](C)[C@@H](O)CC(=O)O1. The van der Waals surface area contributed by atoms with Crippen LogP contribution in [0.1, 0.15) is 77.4 Å². The maximum atomic E-state index is 12.8. The number of ketones is 1. The van der Waals surface area contributed by atoms with Crippen molar-refractivity contribution in [2.75, 3.05) is 0 Å². The van der Waals surface area contributed by atoms with Gasteiger partial charge in [-0.25, -0.2) is 4.98 Å². The molecular formula is C26H39NO5S. The van der Waals surface area contributed by atoms with Crippen molar-refractivity contribution in [3.8, 4) is 0 Å². The number of aliphatic hydroxyl groups is 2.